The molecule has 7 unspecified atom stereocenters. The number of ether oxygens (including phenoxy) is 3. The van der Waals surface area contributed by atoms with E-state index in [2.05, 4.69) is 11.9 Å². The maximum absolute atomic E-state index is 13.8. The Morgan fingerprint density at radius 1 is 1.06 bits per heavy atom. The zero-order valence-corrected chi connectivity index (χ0v) is 29.1. The van der Waals surface area contributed by atoms with Gasteiger partial charge in [-0.15, -0.1) is 6.58 Å². The van der Waals surface area contributed by atoms with Crippen LogP contribution in [0.3, 0.4) is 0 Å². The molecule has 1 aliphatic heterocycles. The largest absolute Gasteiger partial charge is 0.490 e. The summed E-state index contributed by atoms with van der Waals surface area (Å²) >= 11 is 0. The van der Waals surface area contributed by atoms with E-state index in [4.69, 9.17) is 14.2 Å². The average molecular weight is 705 g/mol. The molecule has 0 radical (unpaired) electrons. The summed E-state index contributed by atoms with van der Waals surface area (Å²) in [4.78, 5) is 67.2. The van der Waals surface area contributed by atoms with Crippen LogP contribution in [0.5, 0.6) is 0 Å². The number of hydrogen-bond donors (Lipinski definition) is 1. The molecule has 4 fully saturated rings. The fraction of sp³-hybridized carbons (Fsp3) is 0.649. The van der Waals surface area contributed by atoms with E-state index in [9.17, 15) is 37.1 Å². The molecule has 13 heteroatoms. The van der Waals surface area contributed by atoms with E-state index in [-0.39, 0.29) is 37.7 Å². The summed E-state index contributed by atoms with van der Waals surface area (Å²) in [6, 6.07) is 9.16. The molecule has 1 aromatic carbocycles. The lowest BCUT2D eigenvalue weighted by Gasteiger charge is -2.62. The number of rotatable bonds is 6. The van der Waals surface area contributed by atoms with Gasteiger partial charge in [0.05, 0.1) is 5.92 Å². The quantitative estimate of drug-likeness (QED) is 0.195. The number of hydrogen-bond acceptors (Lipinski definition) is 8. The number of esters is 1. The lowest BCUT2D eigenvalue weighted by atomic mass is 9.44. The van der Waals surface area contributed by atoms with Crippen molar-refractivity contribution < 1.29 is 51.4 Å². The summed E-state index contributed by atoms with van der Waals surface area (Å²) in [6.07, 6.45) is -5.30. The van der Waals surface area contributed by atoms with Crippen LogP contribution in [-0.2, 0) is 35.2 Å². The van der Waals surface area contributed by atoms with Gasteiger partial charge in [0.15, 0.2) is 0 Å². The second kappa shape index (κ2) is 14.0. The SMILES string of the molecule is C=C[C@@]1(C)CC(OC(=O)NC(=O)C2CCCN(C(=O)OCc3ccccc3)C2)C2(C)C(C)CCC3(CCC(=O)C32)C(C)[C@H]1OC(=O)C(F)(F)F. The first-order valence-corrected chi connectivity index (χ1v) is 17.4. The monoisotopic (exact) mass is 704 g/mol. The van der Waals surface area contributed by atoms with Gasteiger partial charge in [0, 0.05) is 42.2 Å². The average Bonchev–Trinajstić information content (AvgIpc) is 3.44. The molecule has 3 saturated carbocycles. The Morgan fingerprint density at radius 2 is 1.76 bits per heavy atom. The molecule has 2 bridgehead atoms. The summed E-state index contributed by atoms with van der Waals surface area (Å²) in [6.45, 7) is 11.6. The second-order valence-corrected chi connectivity index (χ2v) is 15.2. The fourth-order valence-corrected chi connectivity index (χ4v) is 9.43. The number of Topliss-reactive ketones (excluding diaryl/α,β-unsaturated/α-hetero) is 1. The van der Waals surface area contributed by atoms with Gasteiger partial charge in [-0.25, -0.2) is 14.4 Å². The number of halogens is 3. The first kappa shape index (κ1) is 37.4. The van der Waals surface area contributed by atoms with Crippen LogP contribution in [0.1, 0.15) is 78.2 Å². The van der Waals surface area contributed by atoms with Crippen molar-refractivity contribution >= 4 is 29.8 Å². The zero-order valence-electron chi connectivity index (χ0n) is 29.1. The van der Waals surface area contributed by atoms with Gasteiger partial charge < -0.3 is 19.1 Å². The Hall–Kier alpha value is -3.90. The van der Waals surface area contributed by atoms with Crippen LogP contribution in [0.25, 0.3) is 0 Å². The molecule has 5 rings (SSSR count). The van der Waals surface area contributed by atoms with Crippen LogP contribution in [-0.4, -0.2) is 66.2 Å². The maximum atomic E-state index is 13.8. The van der Waals surface area contributed by atoms with E-state index >= 15 is 0 Å². The molecule has 1 N–H and O–H groups in total. The topological polar surface area (TPSA) is 128 Å². The highest BCUT2D eigenvalue weighted by Crippen LogP contribution is 2.68. The molecule has 3 aliphatic carbocycles. The minimum absolute atomic E-state index is 0.0304. The van der Waals surface area contributed by atoms with Gasteiger partial charge in [-0.1, -0.05) is 64.1 Å². The van der Waals surface area contributed by atoms with Crippen molar-refractivity contribution in [1.29, 1.82) is 0 Å². The van der Waals surface area contributed by atoms with Crippen molar-refractivity contribution in [3.8, 4) is 0 Å². The Kier molecular flexibility index (Phi) is 10.5. The Bertz CT molecular complexity index is 1500. The van der Waals surface area contributed by atoms with Crippen LogP contribution in [0.4, 0.5) is 22.8 Å². The number of ketones is 1. The van der Waals surface area contributed by atoms with Gasteiger partial charge >= 0.3 is 24.3 Å². The molecule has 1 saturated heterocycles. The lowest BCUT2D eigenvalue weighted by molar-refractivity contribution is -0.229. The normalized spacial score (nSPS) is 35.5. The molecule has 0 aromatic heterocycles. The number of likely N-dealkylation sites (tertiary alicyclic amines) is 1. The van der Waals surface area contributed by atoms with Gasteiger partial charge in [0.1, 0.15) is 24.6 Å². The van der Waals surface area contributed by atoms with E-state index < -0.39 is 76.4 Å². The number of imide groups is 1. The van der Waals surface area contributed by atoms with Crippen molar-refractivity contribution in [2.24, 2.45) is 39.9 Å². The number of carbonyl (C=O) groups excluding carboxylic acids is 5. The highest BCUT2D eigenvalue weighted by molar-refractivity contribution is 5.93. The second-order valence-electron chi connectivity index (χ2n) is 15.2. The molecular weight excluding hydrogens is 657 g/mol. The number of nitrogens with one attached hydrogen (secondary N) is 1. The highest BCUT2D eigenvalue weighted by Gasteiger charge is 2.69. The third-order valence-electron chi connectivity index (χ3n) is 12.5. The van der Waals surface area contributed by atoms with Gasteiger partial charge in [0.2, 0.25) is 5.91 Å². The van der Waals surface area contributed by atoms with Crippen LogP contribution in [0, 0.1) is 39.9 Å². The predicted molar refractivity (Wildman–Crippen MR) is 174 cm³/mol. The molecule has 1 heterocycles. The molecular formula is C37H47F3N2O8. The molecule has 50 heavy (non-hydrogen) atoms. The maximum Gasteiger partial charge on any atom is 0.490 e. The molecule has 4 aliphatic rings. The molecule has 0 spiro atoms. The van der Waals surface area contributed by atoms with Crippen molar-refractivity contribution in [3.63, 3.8) is 0 Å². The number of alkyl carbamates (subject to hydrolysis) is 1. The summed E-state index contributed by atoms with van der Waals surface area (Å²) in [7, 11) is 0. The van der Waals surface area contributed by atoms with E-state index in [1.165, 1.54) is 11.0 Å². The van der Waals surface area contributed by atoms with E-state index in [0.717, 1.165) is 5.56 Å². The molecule has 9 atom stereocenters. The van der Waals surface area contributed by atoms with E-state index in [0.29, 0.717) is 38.6 Å². The smallest absolute Gasteiger partial charge is 0.454 e. The number of piperidine rings is 1. The highest BCUT2D eigenvalue weighted by atomic mass is 19.4. The summed E-state index contributed by atoms with van der Waals surface area (Å²) < 4.78 is 57.5. The van der Waals surface area contributed by atoms with Gasteiger partial charge in [0.25, 0.3) is 0 Å². The number of nitrogens with zero attached hydrogens (tertiary/aromatic N) is 1. The Morgan fingerprint density at radius 3 is 2.42 bits per heavy atom. The number of benzene rings is 1. The van der Waals surface area contributed by atoms with Gasteiger partial charge in [-0.2, -0.15) is 13.2 Å². The molecule has 3 amide bonds. The minimum Gasteiger partial charge on any atom is -0.454 e. The number of alkyl halides is 3. The summed E-state index contributed by atoms with van der Waals surface area (Å²) in [5, 5.41) is 2.32. The number of carbonyl (C=O) groups is 5. The van der Waals surface area contributed by atoms with Crippen LogP contribution in [0.2, 0.25) is 0 Å². The molecule has 10 nitrogen and oxygen atoms in total. The van der Waals surface area contributed by atoms with Crippen molar-refractivity contribution in [2.45, 2.75) is 97.6 Å². The van der Waals surface area contributed by atoms with Crippen molar-refractivity contribution in [1.82, 2.24) is 10.2 Å². The zero-order chi connectivity index (χ0) is 36.6. The summed E-state index contributed by atoms with van der Waals surface area (Å²) in [5.74, 6) is -5.25. The number of amides is 3. The molecule has 1 aromatic rings. The van der Waals surface area contributed by atoms with Crippen LogP contribution in [0.15, 0.2) is 43.0 Å². The first-order chi connectivity index (χ1) is 23.5. The minimum atomic E-state index is -5.24. The van der Waals surface area contributed by atoms with Crippen molar-refractivity contribution in [2.75, 3.05) is 13.1 Å². The van der Waals surface area contributed by atoms with Crippen molar-refractivity contribution in [3.05, 3.63) is 48.6 Å². The predicted octanol–water partition coefficient (Wildman–Crippen LogP) is 6.76. The van der Waals surface area contributed by atoms with Crippen LogP contribution >= 0.6 is 0 Å². The fourth-order valence-electron chi connectivity index (χ4n) is 9.43. The lowest BCUT2D eigenvalue weighted by Crippen LogP contribution is -2.64. The third-order valence-corrected chi connectivity index (χ3v) is 12.5. The van der Waals surface area contributed by atoms with Gasteiger partial charge in [-0.05, 0) is 55.4 Å². The van der Waals surface area contributed by atoms with Gasteiger partial charge in [-0.3, -0.25) is 14.9 Å². The van der Waals surface area contributed by atoms with E-state index in [1.807, 2.05) is 44.2 Å². The Balaban J connectivity index is 1.36. The Labute approximate surface area is 290 Å². The summed E-state index contributed by atoms with van der Waals surface area (Å²) in [5.41, 5.74) is -2.25. The molecule has 274 valence electrons. The standard InChI is InChI=1S/C37H47F3N2O8/c1-6-34(4)19-27(49-32(46)41-30(44)25-13-10-18-42(20-25)33(47)48-21-24-11-8-7-9-12-24)35(5)22(2)14-16-36(17-15-26(43)28(35)36)23(3)29(34)50-31(45)37(38,39)40/h6-9,11-12,22-23,25,27-29H,1,10,13-21H2,2-5H3,(H,41,44,46)/t22?,23?,25?,27?,28?,29-,34+,35?,36?/m1/s1. The third kappa shape index (κ3) is 6.88. The van der Waals surface area contributed by atoms with E-state index in [1.54, 1.807) is 13.8 Å². The first-order valence-electron chi connectivity index (χ1n) is 17.4. The van der Waals surface area contributed by atoms with Crippen LogP contribution < -0.4 is 5.32 Å².